The summed E-state index contributed by atoms with van der Waals surface area (Å²) in [7, 11) is 0. The van der Waals surface area contributed by atoms with E-state index in [4.69, 9.17) is 15.0 Å². The molecule has 0 bridgehead atoms. The molecule has 0 saturated carbocycles. The molecule has 7 heteroatoms. The van der Waals surface area contributed by atoms with E-state index in [1.54, 1.807) is 0 Å². The maximum atomic E-state index is 9.34. The zero-order valence-corrected chi connectivity index (χ0v) is 7.19. The van der Waals surface area contributed by atoms with Gasteiger partial charge in [0.2, 0.25) is 0 Å². The van der Waals surface area contributed by atoms with Crippen molar-refractivity contribution in [3.8, 4) is 0 Å². The Kier molecular flexibility index (Phi) is 15.1. The third-order valence-corrected chi connectivity index (χ3v) is 0.508. The van der Waals surface area contributed by atoms with Crippen LogP contribution in [0.5, 0.6) is 0 Å². The average molecular weight is 227 g/mol. The molecule has 1 radical (unpaired) electrons. The molecule has 6 nitrogen and oxygen atoms in total. The van der Waals surface area contributed by atoms with Gasteiger partial charge in [-0.15, -0.1) is 0 Å². The number of carboxylic acid groups (broad SMARTS) is 2. The van der Waals surface area contributed by atoms with Gasteiger partial charge in [-0.2, -0.15) is 0 Å². The first-order valence-corrected chi connectivity index (χ1v) is 2.70. The predicted molar refractivity (Wildman–Crippen MR) is 30.7 cm³/mol. The van der Waals surface area contributed by atoms with Crippen LogP contribution in [0, 0.1) is 0 Å². The largest absolute Gasteiger partial charge is 2.00 e. The van der Waals surface area contributed by atoms with E-state index in [0.717, 1.165) is 6.92 Å². The molecule has 1 atom stereocenters. The normalized spacial score (nSPS) is 9.92. The number of hydrogen-bond acceptors (Lipinski definition) is 6. The maximum absolute atomic E-state index is 9.34. The minimum Gasteiger partial charge on any atom is -0.549 e. The Labute approximate surface area is 79.8 Å². The molecule has 0 amide bonds. The Morgan fingerprint density at radius 3 is 1.67 bits per heavy atom. The van der Waals surface area contributed by atoms with E-state index in [-0.39, 0.29) is 23.6 Å². The van der Waals surface area contributed by atoms with Crippen LogP contribution < -0.4 is 15.9 Å². The van der Waals surface area contributed by atoms with Crippen molar-refractivity contribution in [3.05, 3.63) is 0 Å². The van der Waals surface area contributed by atoms with Crippen LogP contribution in [0.3, 0.4) is 0 Å². The van der Waals surface area contributed by atoms with Gasteiger partial charge in [0, 0.05) is 6.54 Å². The third kappa shape index (κ3) is 22.8. The zero-order chi connectivity index (χ0) is 9.44. The first-order chi connectivity index (χ1) is 4.91. The molecular weight excluding hydrogens is 218 g/mol. The van der Waals surface area contributed by atoms with Gasteiger partial charge in [0.15, 0.2) is 0 Å². The standard InChI is InChI=1S/C3H6O3.C2H5NO2.Cu/c1-2(4)3(5)6;3-1-2(4)5;/h2,4H,1H3,(H,5,6);1,3H2,(H,4,5);/q;;+2/p-2. The Morgan fingerprint density at radius 2 is 1.67 bits per heavy atom. The van der Waals surface area contributed by atoms with Crippen molar-refractivity contribution in [1.82, 2.24) is 0 Å². The van der Waals surface area contributed by atoms with Gasteiger partial charge in [-0.25, -0.2) is 0 Å². The van der Waals surface area contributed by atoms with Crippen molar-refractivity contribution in [3.63, 3.8) is 0 Å². The van der Waals surface area contributed by atoms with Gasteiger partial charge in [0.1, 0.15) is 0 Å². The van der Waals surface area contributed by atoms with E-state index in [1.165, 1.54) is 0 Å². The maximum Gasteiger partial charge on any atom is 2.00 e. The summed E-state index contributed by atoms with van der Waals surface area (Å²) in [5, 5.41) is 26.4. The van der Waals surface area contributed by atoms with Gasteiger partial charge in [-0.3, -0.25) is 0 Å². The summed E-state index contributed by atoms with van der Waals surface area (Å²) in [6, 6.07) is 0. The Balaban J connectivity index is -0.000000126. The smallest absolute Gasteiger partial charge is 0.549 e. The van der Waals surface area contributed by atoms with Gasteiger partial charge in [0.05, 0.1) is 18.0 Å². The number of rotatable bonds is 2. The monoisotopic (exact) mass is 226 g/mol. The topological polar surface area (TPSA) is 127 Å². The number of carboxylic acids is 2. The van der Waals surface area contributed by atoms with Gasteiger partial charge >= 0.3 is 17.1 Å². The van der Waals surface area contributed by atoms with E-state index in [0.29, 0.717) is 0 Å². The molecule has 75 valence electrons. The summed E-state index contributed by atoms with van der Waals surface area (Å²) < 4.78 is 0. The minimum atomic E-state index is -1.44. The van der Waals surface area contributed by atoms with Crippen molar-refractivity contribution in [2.45, 2.75) is 13.0 Å². The van der Waals surface area contributed by atoms with E-state index in [2.05, 4.69) is 5.73 Å². The van der Waals surface area contributed by atoms with Crippen LogP contribution in [0.1, 0.15) is 6.92 Å². The van der Waals surface area contributed by atoms with Crippen LogP contribution in [0.15, 0.2) is 0 Å². The molecule has 1 unspecified atom stereocenters. The fourth-order valence-electron chi connectivity index (χ4n) is 0. The van der Waals surface area contributed by atoms with Gasteiger partial charge < -0.3 is 30.6 Å². The van der Waals surface area contributed by atoms with E-state index >= 15 is 0 Å². The molecule has 0 aromatic heterocycles. The first-order valence-electron chi connectivity index (χ1n) is 2.70. The summed E-state index contributed by atoms with van der Waals surface area (Å²) in [5.74, 6) is -2.65. The number of aliphatic carboxylic acids is 2. The molecule has 12 heavy (non-hydrogen) atoms. The van der Waals surface area contributed by atoms with E-state index in [9.17, 15) is 9.90 Å². The SMILES string of the molecule is CC(O)C(=O)[O-].NCC(=O)[O-].[Cu+2]. The third-order valence-electron chi connectivity index (χ3n) is 0.508. The molecule has 0 aliphatic heterocycles. The quantitative estimate of drug-likeness (QED) is 0.460. The minimum absolute atomic E-state index is 0. The molecule has 0 heterocycles. The fourth-order valence-corrected chi connectivity index (χ4v) is 0. The van der Waals surface area contributed by atoms with E-state index < -0.39 is 18.0 Å². The van der Waals surface area contributed by atoms with Crippen LogP contribution in [-0.2, 0) is 26.7 Å². The summed E-state index contributed by atoms with van der Waals surface area (Å²) >= 11 is 0. The van der Waals surface area contributed by atoms with E-state index in [1.807, 2.05) is 0 Å². The van der Waals surface area contributed by atoms with Crippen LogP contribution in [0.2, 0.25) is 0 Å². The molecule has 0 aromatic carbocycles. The van der Waals surface area contributed by atoms with Crippen molar-refractivity contribution < 1.29 is 42.0 Å². The van der Waals surface area contributed by atoms with Gasteiger partial charge in [-0.1, -0.05) is 0 Å². The summed E-state index contributed by atoms with van der Waals surface area (Å²) in [5.41, 5.74) is 4.51. The molecule has 0 fully saturated rings. The second-order valence-corrected chi connectivity index (χ2v) is 1.57. The Bertz CT molecular complexity index is 138. The van der Waals surface area contributed by atoms with Gasteiger partial charge in [0.25, 0.3) is 0 Å². The second kappa shape index (κ2) is 10.4. The Morgan fingerprint density at radius 1 is 1.50 bits per heavy atom. The average Bonchev–Trinajstić information content (AvgIpc) is 1.89. The Hall–Kier alpha value is -0.621. The number of aliphatic hydroxyl groups excluding tert-OH is 1. The molecule has 0 spiro atoms. The van der Waals surface area contributed by atoms with Crippen molar-refractivity contribution >= 4 is 11.9 Å². The summed E-state index contributed by atoms with van der Waals surface area (Å²) in [6.45, 7) is 0.745. The predicted octanol–water partition coefficient (Wildman–Crippen LogP) is -4.19. The van der Waals surface area contributed by atoms with Crippen LogP contribution in [0.4, 0.5) is 0 Å². The first kappa shape index (κ1) is 17.5. The van der Waals surface area contributed by atoms with Crippen LogP contribution in [-0.4, -0.2) is 29.7 Å². The van der Waals surface area contributed by atoms with Crippen molar-refractivity contribution in [1.29, 1.82) is 0 Å². The molecule has 0 aromatic rings. The number of carbonyl (C=O) groups excluding carboxylic acids is 2. The summed E-state index contributed by atoms with van der Waals surface area (Å²) in [4.78, 5) is 18.5. The fraction of sp³-hybridized carbons (Fsp3) is 0.600. The van der Waals surface area contributed by atoms with Crippen LogP contribution in [0.25, 0.3) is 0 Å². The van der Waals surface area contributed by atoms with Gasteiger partial charge in [-0.05, 0) is 6.92 Å². The van der Waals surface area contributed by atoms with Crippen molar-refractivity contribution in [2.24, 2.45) is 5.73 Å². The molecule has 3 N–H and O–H groups in total. The van der Waals surface area contributed by atoms with Crippen LogP contribution >= 0.6 is 0 Å². The second-order valence-electron chi connectivity index (χ2n) is 1.57. The zero-order valence-electron chi connectivity index (χ0n) is 6.24. The molecular formula is C5H9CuNO5. The molecule has 0 saturated heterocycles. The number of nitrogens with two attached hydrogens (primary N) is 1. The van der Waals surface area contributed by atoms with Crippen molar-refractivity contribution in [2.75, 3.05) is 6.54 Å². The summed E-state index contributed by atoms with van der Waals surface area (Å²) in [6.07, 6.45) is -1.34. The number of hydrogen-bond donors (Lipinski definition) is 2. The molecule has 0 aliphatic carbocycles. The number of carbonyl (C=O) groups is 2. The number of aliphatic hydroxyl groups is 1. The molecule has 0 rings (SSSR count). The molecule has 0 aliphatic rings.